The zero-order chi connectivity index (χ0) is 21.7. The van der Waals surface area contributed by atoms with Gasteiger partial charge in [-0.05, 0) is 26.3 Å². The molecule has 168 valence electrons. The smallest absolute Gasteiger partial charge is 0.413 e. The van der Waals surface area contributed by atoms with E-state index in [9.17, 15) is 19.2 Å². The van der Waals surface area contributed by atoms with Gasteiger partial charge in [-0.3, -0.25) is 25.0 Å². The van der Waals surface area contributed by atoms with Crippen LogP contribution in [0.4, 0.5) is 4.79 Å². The van der Waals surface area contributed by atoms with Crippen molar-refractivity contribution in [3.05, 3.63) is 0 Å². The van der Waals surface area contributed by atoms with Gasteiger partial charge >= 0.3 is 12.1 Å². The summed E-state index contributed by atoms with van der Waals surface area (Å²) < 4.78 is 9.50. The number of amides is 3. The van der Waals surface area contributed by atoms with Crippen LogP contribution in [0.3, 0.4) is 0 Å². The zero-order valence-electron chi connectivity index (χ0n) is 17.0. The average Bonchev–Trinajstić information content (AvgIpc) is 3.32. The van der Waals surface area contributed by atoms with Crippen LogP contribution in [-0.4, -0.2) is 78.0 Å². The van der Waals surface area contributed by atoms with Gasteiger partial charge in [0.25, 0.3) is 0 Å². The number of alkyl carbamates (subject to hydrolysis) is 1. The molecule has 30 heavy (non-hydrogen) atoms. The van der Waals surface area contributed by atoms with Crippen molar-refractivity contribution in [2.45, 2.75) is 53.5 Å². The van der Waals surface area contributed by atoms with E-state index in [2.05, 4.69) is 21.3 Å². The molecule has 0 saturated carbocycles. The molecule has 3 rings (SSSR count). The lowest BCUT2D eigenvalue weighted by Gasteiger charge is -2.24. The highest BCUT2D eigenvalue weighted by Crippen LogP contribution is 2.40. The van der Waals surface area contributed by atoms with Crippen LogP contribution >= 0.6 is 23.5 Å². The van der Waals surface area contributed by atoms with Gasteiger partial charge in [0.2, 0.25) is 11.8 Å². The number of methoxy groups -OCH3 is 1. The summed E-state index contributed by atoms with van der Waals surface area (Å²) in [6.45, 7) is 3.55. The van der Waals surface area contributed by atoms with Crippen LogP contribution in [0.15, 0.2) is 0 Å². The SMILES string of the molecule is CCOC(=O)NC(=O)C1CC(CC(=O)OC)SC1NC(=O)C1NC2CNCCC2S1. The fourth-order valence-corrected chi connectivity index (χ4v) is 6.82. The van der Waals surface area contributed by atoms with Crippen LogP contribution in [-0.2, 0) is 23.9 Å². The molecule has 10 nitrogen and oxygen atoms in total. The van der Waals surface area contributed by atoms with E-state index in [1.807, 2.05) is 0 Å². The molecule has 3 heterocycles. The predicted octanol–water partition coefficient (Wildman–Crippen LogP) is -0.221. The van der Waals surface area contributed by atoms with Gasteiger partial charge in [0, 0.05) is 23.1 Å². The van der Waals surface area contributed by atoms with Gasteiger partial charge in [-0.25, -0.2) is 4.79 Å². The topological polar surface area (TPSA) is 135 Å². The molecule has 0 aliphatic carbocycles. The number of fused-ring (bicyclic) bond motifs is 1. The lowest BCUT2D eigenvalue weighted by Crippen LogP contribution is -2.51. The quantitative estimate of drug-likeness (QED) is 0.394. The molecule has 0 spiro atoms. The Morgan fingerprint density at radius 1 is 1.17 bits per heavy atom. The van der Waals surface area contributed by atoms with Crippen LogP contribution in [0.1, 0.15) is 26.2 Å². The summed E-state index contributed by atoms with van der Waals surface area (Å²) in [7, 11) is 1.31. The maximum Gasteiger partial charge on any atom is 0.413 e. The van der Waals surface area contributed by atoms with Crippen molar-refractivity contribution in [1.82, 2.24) is 21.3 Å². The van der Waals surface area contributed by atoms with Gasteiger partial charge in [-0.1, -0.05) is 0 Å². The number of carbonyl (C=O) groups excluding carboxylic acids is 4. The Hall–Kier alpha value is -1.50. The van der Waals surface area contributed by atoms with Crippen molar-refractivity contribution < 1.29 is 28.7 Å². The summed E-state index contributed by atoms with van der Waals surface area (Å²) in [5.41, 5.74) is 0. The van der Waals surface area contributed by atoms with Crippen LogP contribution < -0.4 is 21.3 Å². The van der Waals surface area contributed by atoms with E-state index < -0.39 is 28.7 Å². The second-order valence-electron chi connectivity index (χ2n) is 7.34. The van der Waals surface area contributed by atoms with E-state index in [0.717, 1.165) is 19.5 Å². The maximum atomic E-state index is 12.9. The Balaban J connectivity index is 1.62. The Morgan fingerprint density at radius 3 is 2.67 bits per heavy atom. The van der Waals surface area contributed by atoms with Crippen LogP contribution in [0.2, 0.25) is 0 Å². The minimum Gasteiger partial charge on any atom is -0.469 e. The molecule has 3 aliphatic heterocycles. The van der Waals surface area contributed by atoms with E-state index in [1.54, 1.807) is 18.7 Å². The van der Waals surface area contributed by atoms with Gasteiger partial charge in [-0.2, -0.15) is 0 Å². The highest BCUT2D eigenvalue weighted by Gasteiger charge is 2.44. The molecule has 0 radical (unpaired) electrons. The number of imide groups is 1. The van der Waals surface area contributed by atoms with E-state index in [1.165, 1.54) is 18.9 Å². The number of nitrogens with one attached hydrogen (secondary N) is 4. The average molecular weight is 461 g/mol. The van der Waals surface area contributed by atoms with Gasteiger partial charge < -0.3 is 20.1 Å². The van der Waals surface area contributed by atoms with E-state index in [-0.39, 0.29) is 36.2 Å². The molecule has 12 heteroatoms. The fourth-order valence-electron chi connectivity index (χ4n) is 3.83. The third kappa shape index (κ3) is 5.80. The Bertz CT molecular complexity index is 667. The first-order valence-corrected chi connectivity index (χ1v) is 11.9. The molecule has 0 aromatic rings. The van der Waals surface area contributed by atoms with E-state index in [4.69, 9.17) is 9.47 Å². The Labute approximate surface area is 183 Å². The van der Waals surface area contributed by atoms with Crippen LogP contribution in [0.25, 0.3) is 0 Å². The first-order valence-electron chi connectivity index (χ1n) is 10.0. The van der Waals surface area contributed by atoms with Crippen molar-refractivity contribution in [2.24, 2.45) is 5.92 Å². The lowest BCUT2D eigenvalue weighted by molar-refractivity contribution is -0.140. The minimum absolute atomic E-state index is 0.128. The number of thioether (sulfide) groups is 2. The molecule has 3 amide bonds. The molecule has 0 bridgehead atoms. The summed E-state index contributed by atoms with van der Waals surface area (Å²) in [4.78, 5) is 48.8. The van der Waals surface area contributed by atoms with Crippen molar-refractivity contribution in [1.29, 1.82) is 0 Å². The number of hydrogen-bond donors (Lipinski definition) is 4. The number of piperidine rings is 1. The van der Waals surface area contributed by atoms with Crippen molar-refractivity contribution in [3.63, 3.8) is 0 Å². The van der Waals surface area contributed by atoms with Gasteiger partial charge in [-0.15, -0.1) is 23.5 Å². The van der Waals surface area contributed by atoms with Crippen LogP contribution in [0.5, 0.6) is 0 Å². The fraction of sp³-hybridized carbons (Fsp3) is 0.778. The number of esters is 1. The van der Waals surface area contributed by atoms with Crippen molar-refractivity contribution in [3.8, 4) is 0 Å². The normalized spacial score (nSPS) is 32.7. The number of rotatable bonds is 6. The van der Waals surface area contributed by atoms with E-state index >= 15 is 0 Å². The molecule has 3 aliphatic rings. The lowest BCUT2D eigenvalue weighted by atomic mass is 10.0. The standard InChI is InChI=1S/C18H28N4O6S2/c1-3-28-18(26)22-14(24)10-6-9(7-13(23)27-2)29-16(10)21-15(25)17-20-11-8-19-5-4-12(11)30-17/h9-12,16-17,19-20H,3-8H2,1-2H3,(H,21,25)(H,22,24,26). The van der Waals surface area contributed by atoms with Crippen LogP contribution in [0, 0.1) is 5.92 Å². The number of hydrogen-bond acceptors (Lipinski definition) is 10. The third-order valence-electron chi connectivity index (χ3n) is 5.30. The van der Waals surface area contributed by atoms with Gasteiger partial charge in [0.15, 0.2) is 0 Å². The minimum atomic E-state index is -0.821. The van der Waals surface area contributed by atoms with E-state index in [0.29, 0.717) is 11.7 Å². The van der Waals surface area contributed by atoms with Crippen molar-refractivity contribution >= 4 is 47.4 Å². The molecule has 3 saturated heterocycles. The molecule has 6 unspecified atom stereocenters. The van der Waals surface area contributed by atoms with Gasteiger partial charge in [0.1, 0.15) is 5.37 Å². The van der Waals surface area contributed by atoms with Gasteiger partial charge in [0.05, 0.1) is 31.4 Å². The zero-order valence-corrected chi connectivity index (χ0v) is 18.6. The number of ether oxygens (including phenoxy) is 2. The molecular weight excluding hydrogens is 432 g/mol. The summed E-state index contributed by atoms with van der Waals surface area (Å²) >= 11 is 2.96. The second kappa shape index (κ2) is 10.7. The molecule has 0 aromatic carbocycles. The molecule has 4 N–H and O–H groups in total. The van der Waals surface area contributed by atoms with Crippen molar-refractivity contribution in [2.75, 3.05) is 26.8 Å². The highest BCUT2D eigenvalue weighted by atomic mass is 32.2. The highest BCUT2D eigenvalue weighted by molar-refractivity contribution is 8.01. The summed E-state index contributed by atoms with van der Waals surface area (Å²) in [5, 5.41) is 11.1. The Kier molecular flexibility index (Phi) is 8.26. The maximum absolute atomic E-state index is 12.9. The summed E-state index contributed by atoms with van der Waals surface area (Å²) in [5.74, 6) is -1.76. The third-order valence-corrected chi connectivity index (χ3v) is 8.32. The summed E-state index contributed by atoms with van der Waals surface area (Å²) in [6, 6.07) is 0.241. The predicted molar refractivity (Wildman–Crippen MR) is 113 cm³/mol. The molecular formula is C18H28N4O6S2. The largest absolute Gasteiger partial charge is 0.469 e. The first-order chi connectivity index (χ1) is 14.4. The Morgan fingerprint density at radius 2 is 1.97 bits per heavy atom. The summed E-state index contributed by atoms with van der Waals surface area (Å²) in [6.07, 6.45) is 0.647. The molecule has 6 atom stereocenters. The molecule has 0 aromatic heterocycles. The monoisotopic (exact) mass is 460 g/mol. The first kappa shape index (κ1) is 23.2. The number of carbonyl (C=O) groups is 4. The second-order valence-corrected chi connectivity index (χ2v) is 10.1. The molecule has 3 fully saturated rings.